The van der Waals surface area contributed by atoms with E-state index in [2.05, 4.69) is 11.9 Å². The van der Waals surface area contributed by atoms with E-state index in [0.717, 1.165) is 30.4 Å². The molecule has 0 aliphatic carbocycles. The number of hydrogen-bond donors (Lipinski definition) is 0. The van der Waals surface area contributed by atoms with Crippen LogP contribution in [-0.2, 0) is 17.9 Å². The number of para-hydroxylation sites is 2. The molecule has 1 saturated heterocycles. The van der Waals surface area contributed by atoms with Crippen LogP contribution in [0.2, 0.25) is 0 Å². The number of piperidine rings is 1. The zero-order chi connectivity index (χ0) is 21.1. The second-order valence-electron chi connectivity index (χ2n) is 7.94. The lowest BCUT2D eigenvalue weighted by molar-refractivity contribution is -0.135. The van der Waals surface area contributed by atoms with E-state index in [1.807, 2.05) is 33.7 Å². The first-order chi connectivity index (χ1) is 14.5. The maximum Gasteiger partial charge on any atom is 0.255 e. The van der Waals surface area contributed by atoms with Crippen LogP contribution < -0.4 is 0 Å². The molecule has 0 N–H and O–H groups in total. The molecule has 1 atom stereocenters. The third-order valence-electron chi connectivity index (χ3n) is 5.78. The van der Waals surface area contributed by atoms with Crippen LogP contribution in [0.15, 0.2) is 48.8 Å². The lowest BCUT2D eigenvalue weighted by Gasteiger charge is -2.33. The Morgan fingerprint density at radius 2 is 2.00 bits per heavy atom. The number of nitrogens with zero attached hydrogens (tertiary/aromatic N) is 5. The van der Waals surface area contributed by atoms with Gasteiger partial charge in [0.2, 0.25) is 5.91 Å². The highest BCUT2D eigenvalue weighted by molar-refractivity contribution is 5.93. The van der Waals surface area contributed by atoms with Crippen LogP contribution in [0.4, 0.5) is 0 Å². The zero-order valence-electron chi connectivity index (χ0n) is 17.5. The third-order valence-corrected chi connectivity index (χ3v) is 5.78. The number of pyridine rings is 1. The Kier molecular flexibility index (Phi) is 5.79. The van der Waals surface area contributed by atoms with Gasteiger partial charge < -0.3 is 14.4 Å². The number of imidazole rings is 1. The molecule has 1 unspecified atom stereocenters. The predicted octanol–water partition coefficient (Wildman–Crippen LogP) is 3.10. The predicted molar refractivity (Wildman–Crippen MR) is 115 cm³/mol. The highest BCUT2D eigenvalue weighted by atomic mass is 16.2. The van der Waals surface area contributed by atoms with Gasteiger partial charge in [-0.25, -0.2) is 4.98 Å². The number of hydrogen-bond acceptors (Lipinski definition) is 4. The molecule has 2 amide bonds. The molecule has 4 rings (SSSR count). The van der Waals surface area contributed by atoms with Gasteiger partial charge in [0, 0.05) is 32.0 Å². The van der Waals surface area contributed by atoms with Gasteiger partial charge >= 0.3 is 0 Å². The van der Waals surface area contributed by atoms with Crippen molar-refractivity contribution >= 4 is 22.8 Å². The molecule has 7 heteroatoms. The normalized spacial score (nSPS) is 16.6. The molecule has 1 aliphatic heterocycles. The van der Waals surface area contributed by atoms with E-state index >= 15 is 0 Å². The van der Waals surface area contributed by atoms with Crippen LogP contribution in [0.25, 0.3) is 11.0 Å². The summed E-state index contributed by atoms with van der Waals surface area (Å²) < 4.78 is 1.95. The Morgan fingerprint density at radius 1 is 1.17 bits per heavy atom. The fraction of sp³-hybridized carbons (Fsp3) is 0.391. The second kappa shape index (κ2) is 8.65. The van der Waals surface area contributed by atoms with Gasteiger partial charge in [0.05, 0.1) is 23.1 Å². The average molecular weight is 406 g/mol. The minimum Gasteiger partial charge on any atom is -0.338 e. The van der Waals surface area contributed by atoms with Crippen molar-refractivity contribution in [1.82, 2.24) is 24.3 Å². The van der Waals surface area contributed by atoms with Crippen LogP contribution in [0.3, 0.4) is 0 Å². The molecular weight excluding hydrogens is 378 g/mol. The van der Waals surface area contributed by atoms with Gasteiger partial charge in [-0.1, -0.05) is 12.1 Å². The standard InChI is InChI=1S/C23H27N5O2/c1-17-8-5-6-13-27(17)22(29)16-28-20-11-4-3-10-19(20)25-21(28)15-26(2)23(30)18-9-7-12-24-14-18/h3-4,7,9-12,14,17H,5-6,8,13,15-16H2,1-2H3. The summed E-state index contributed by atoms with van der Waals surface area (Å²) >= 11 is 0. The van der Waals surface area contributed by atoms with Crippen molar-refractivity contribution in [3.05, 3.63) is 60.2 Å². The molecule has 3 aromatic rings. The Morgan fingerprint density at radius 3 is 2.77 bits per heavy atom. The highest BCUT2D eigenvalue weighted by Crippen LogP contribution is 2.21. The number of rotatable bonds is 5. The van der Waals surface area contributed by atoms with Crippen molar-refractivity contribution in [1.29, 1.82) is 0 Å². The Labute approximate surface area is 176 Å². The topological polar surface area (TPSA) is 71.3 Å². The van der Waals surface area contributed by atoms with E-state index in [0.29, 0.717) is 17.9 Å². The van der Waals surface area contributed by atoms with Gasteiger partial charge in [0.1, 0.15) is 12.4 Å². The number of benzene rings is 1. The summed E-state index contributed by atoms with van der Waals surface area (Å²) in [6.45, 7) is 3.46. The minimum absolute atomic E-state index is 0.104. The Bertz CT molecular complexity index is 1050. The van der Waals surface area contributed by atoms with Gasteiger partial charge in [-0.05, 0) is 50.5 Å². The van der Waals surface area contributed by atoms with Crippen molar-refractivity contribution in [2.45, 2.75) is 45.3 Å². The molecule has 156 valence electrons. The van der Waals surface area contributed by atoms with Crippen molar-refractivity contribution in [3.63, 3.8) is 0 Å². The molecule has 7 nitrogen and oxygen atoms in total. The van der Waals surface area contributed by atoms with Gasteiger partial charge in [0.25, 0.3) is 5.91 Å². The molecule has 1 fully saturated rings. The lowest BCUT2D eigenvalue weighted by Crippen LogP contribution is -2.43. The zero-order valence-corrected chi connectivity index (χ0v) is 17.5. The molecule has 0 saturated carbocycles. The first kappa shape index (κ1) is 20.1. The van der Waals surface area contributed by atoms with Gasteiger partial charge in [-0.15, -0.1) is 0 Å². The molecule has 0 spiro atoms. The number of carbonyl (C=O) groups excluding carboxylic acids is 2. The van der Waals surface area contributed by atoms with E-state index in [4.69, 9.17) is 4.98 Å². The van der Waals surface area contributed by atoms with E-state index in [1.54, 1.807) is 36.5 Å². The van der Waals surface area contributed by atoms with Crippen LogP contribution in [0.1, 0.15) is 42.4 Å². The molecule has 3 heterocycles. The number of likely N-dealkylation sites (tertiary alicyclic amines) is 1. The third kappa shape index (κ3) is 4.06. The van der Waals surface area contributed by atoms with Crippen molar-refractivity contribution < 1.29 is 9.59 Å². The van der Waals surface area contributed by atoms with Crippen molar-refractivity contribution in [3.8, 4) is 0 Å². The Balaban J connectivity index is 1.60. The molecule has 30 heavy (non-hydrogen) atoms. The first-order valence-electron chi connectivity index (χ1n) is 10.4. The molecule has 0 radical (unpaired) electrons. The fourth-order valence-corrected chi connectivity index (χ4v) is 4.11. The summed E-state index contributed by atoms with van der Waals surface area (Å²) in [7, 11) is 1.74. The summed E-state index contributed by atoms with van der Waals surface area (Å²) in [5.74, 6) is 0.680. The summed E-state index contributed by atoms with van der Waals surface area (Å²) in [5.41, 5.74) is 2.27. The van der Waals surface area contributed by atoms with E-state index in [1.165, 1.54) is 6.42 Å². The largest absolute Gasteiger partial charge is 0.338 e. The smallest absolute Gasteiger partial charge is 0.255 e. The van der Waals surface area contributed by atoms with Gasteiger partial charge in [-0.2, -0.15) is 0 Å². The Hall–Kier alpha value is -3.22. The number of aromatic nitrogens is 3. The highest BCUT2D eigenvalue weighted by Gasteiger charge is 2.25. The van der Waals surface area contributed by atoms with Crippen LogP contribution in [0.5, 0.6) is 0 Å². The molecule has 2 aromatic heterocycles. The average Bonchev–Trinajstić information content (AvgIpc) is 3.11. The summed E-state index contributed by atoms with van der Waals surface area (Å²) in [5, 5.41) is 0. The molecule has 0 bridgehead atoms. The summed E-state index contributed by atoms with van der Waals surface area (Å²) in [4.78, 5) is 38.2. The number of carbonyl (C=O) groups is 2. The van der Waals surface area contributed by atoms with E-state index in [-0.39, 0.29) is 24.4 Å². The van der Waals surface area contributed by atoms with Crippen LogP contribution in [0, 0.1) is 0 Å². The molecule has 1 aromatic carbocycles. The maximum atomic E-state index is 13.1. The molecule has 1 aliphatic rings. The molecular formula is C23H27N5O2. The fourth-order valence-electron chi connectivity index (χ4n) is 4.11. The van der Waals surface area contributed by atoms with Crippen molar-refractivity contribution in [2.24, 2.45) is 0 Å². The van der Waals surface area contributed by atoms with Crippen LogP contribution >= 0.6 is 0 Å². The first-order valence-corrected chi connectivity index (χ1v) is 10.4. The lowest BCUT2D eigenvalue weighted by atomic mass is 10.0. The minimum atomic E-state index is -0.127. The summed E-state index contributed by atoms with van der Waals surface area (Å²) in [6, 6.07) is 11.5. The SMILES string of the molecule is CC1CCCCN1C(=O)Cn1c(CN(C)C(=O)c2cccnc2)nc2ccccc21. The quantitative estimate of drug-likeness (QED) is 0.654. The van der Waals surface area contributed by atoms with E-state index in [9.17, 15) is 9.59 Å². The van der Waals surface area contributed by atoms with Crippen molar-refractivity contribution in [2.75, 3.05) is 13.6 Å². The monoisotopic (exact) mass is 405 g/mol. The number of fused-ring (bicyclic) bond motifs is 1. The van der Waals surface area contributed by atoms with E-state index < -0.39 is 0 Å². The summed E-state index contributed by atoms with van der Waals surface area (Å²) in [6.07, 6.45) is 6.47. The van der Waals surface area contributed by atoms with Gasteiger partial charge in [-0.3, -0.25) is 14.6 Å². The second-order valence-corrected chi connectivity index (χ2v) is 7.94. The van der Waals surface area contributed by atoms with Crippen LogP contribution in [-0.4, -0.2) is 55.8 Å². The maximum absolute atomic E-state index is 13.1. The van der Waals surface area contributed by atoms with Gasteiger partial charge in [0.15, 0.2) is 0 Å². The number of amides is 2.